The Morgan fingerprint density at radius 1 is 1.19 bits per heavy atom. The Bertz CT molecular complexity index is 1120. The molecule has 1 amide bonds. The Labute approximate surface area is 183 Å². The lowest BCUT2D eigenvalue weighted by atomic mass is 9.92. The van der Waals surface area contributed by atoms with Crippen LogP contribution < -0.4 is 10.2 Å². The number of aryl methyl sites for hydroxylation is 1. The molecule has 0 aliphatic carbocycles. The normalized spacial score (nSPS) is 16.6. The Morgan fingerprint density at radius 3 is 2.71 bits per heavy atom. The van der Waals surface area contributed by atoms with Crippen molar-refractivity contribution >= 4 is 22.6 Å². The van der Waals surface area contributed by atoms with Crippen molar-refractivity contribution in [3.8, 4) is 17.1 Å². The van der Waals surface area contributed by atoms with Crippen LogP contribution in [0.3, 0.4) is 0 Å². The summed E-state index contributed by atoms with van der Waals surface area (Å²) in [6.07, 6.45) is 1.38. The molecular formula is C25H30N4O2. The van der Waals surface area contributed by atoms with Gasteiger partial charge < -0.3 is 15.3 Å². The van der Waals surface area contributed by atoms with E-state index in [1.165, 1.54) is 0 Å². The van der Waals surface area contributed by atoms with Crippen LogP contribution in [-0.2, 0) is 4.79 Å². The summed E-state index contributed by atoms with van der Waals surface area (Å²) in [7, 11) is 0. The molecule has 31 heavy (non-hydrogen) atoms. The maximum atomic E-state index is 12.4. The number of anilines is 1. The van der Waals surface area contributed by atoms with Crippen LogP contribution in [-0.4, -0.2) is 40.1 Å². The van der Waals surface area contributed by atoms with E-state index < -0.39 is 0 Å². The highest BCUT2D eigenvalue weighted by molar-refractivity contribution is 5.92. The predicted molar refractivity (Wildman–Crippen MR) is 124 cm³/mol. The Balaban J connectivity index is 1.66. The molecule has 0 radical (unpaired) electrons. The minimum atomic E-state index is -0.0321. The van der Waals surface area contributed by atoms with Crippen molar-refractivity contribution in [3.63, 3.8) is 0 Å². The first kappa shape index (κ1) is 21.1. The van der Waals surface area contributed by atoms with E-state index in [1.807, 2.05) is 25.1 Å². The fourth-order valence-electron chi connectivity index (χ4n) is 4.08. The van der Waals surface area contributed by atoms with Crippen molar-refractivity contribution in [3.05, 3.63) is 48.0 Å². The van der Waals surface area contributed by atoms with E-state index in [-0.39, 0.29) is 23.1 Å². The molecule has 4 rings (SSSR count). The van der Waals surface area contributed by atoms with Gasteiger partial charge >= 0.3 is 0 Å². The summed E-state index contributed by atoms with van der Waals surface area (Å²) >= 11 is 0. The zero-order valence-corrected chi connectivity index (χ0v) is 18.6. The highest BCUT2D eigenvalue weighted by atomic mass is 16.3. The molecule has 3 aromatic rings. The lowest BCUT2D eigenvalue weighted by Crippen LogP contribution is -2.38. The Morgan fingerprint density at radius 2 is 1.97 bits per heavy atom. The first-order chi connectivity index (χ1) is 14.7. The van der Waals surface area contributed by atoms with Crippen LogP contribution in [0.1, 0.15) is 39.2 Å². The predicted octanol–water partition coefficient (Wildman–Crippen LogP) is 4.44. The topological polar surface area (TPSA) is 78.4 Å². The number of hydrogen-bond acceptors (Lipinski definition) is 5. The number of rotatable bonds is 4. The van der Waals surface area contributed by atoms with Crippen molar-refractivity contribution in [1.29, 1.82) is 0 Å². The molecule has 1 atom stereocenters. The summed E-state index contributed by atoms with van der Waals surface area (Å²) in [5.74, 6) is 1.61. The number of amides is 1. The van der Waals surface area contributed by atoms with E-state index in [0.717, 1.165) is 35.2 Å². The molecule has 6 heteroatoms. The van der Waals surface area contributed by atoms with Crippen molar-refractivity contribution < 1.29 is 9.90 Å². The number of para-hydroxylation sites is 1. The zero-order valence-electron chi connectivity index (χ0n) is 18.6. The van der Waals surface area contributed by atoms with Crippen molar-refractivity contribution in [2.24, 2.45) is 5.41 Å². The largest absolute Gasteiger partial charge is 0.507 e. The van der Waals surface area contributed by atoms with Gasteiger partial charge in [-0.2, -0.15) is 0 Å². The Kier molecular flexibility index (Phi) is 5.56. The summed E-state index contributed by atoms with van der Waals surface area (Å²) in [6, 6.07) is 13.4. The first-order valence-corrected chi connectivity index (χ1v) is 10.8. The number of fused-ring (bicyclic) bond motifs is 1. The van der Waals surface area contributed by atoms with Gasteiger partial charge in [0, 0.05) is 30.9 Å². The molecule has 1 aliphatic heterocycles. The lowest BCUT2D eigenvalue weighted by Gasteiger charge is -2.22. The van der Waals surface area contributed by atoms with Gasteiger partial charge in [0.25, 0.3) is 0 Å². The molecule has 0 bridgehead atoms. The van der Waals surface area contributed by atoms with Gasteiger partial charge in [-0.15, -0.1) is 0 Å². The highest BCUT2D eigenvalue weighted by Gasteiger charge is 2.28. The number of carbonyl (C=O) groups excluding carboxylic acids is 1. The third kappa shape index (κ3) is 4.79. The summed E-state index contributed by atoms with van der Waals surface area (Å²) in [5.41, 5.74) is 2.55. The van der Waals surface area contributed by atoms with Gasteiger partial charge in [-0.05, 0) is 48.6 Å². The number of carbonyl (C=O) groups is 1. The summed E-state index contributed by atoms with van der Waals surface area (Å²) in [6.45, 7) is 9.77. The van der Waals surface area contributed by atoms with Crippen molar-refractivity contribution in [2.75, 3.05) is 18.0 Å². The second-order valence-corrected chi connectivity index (χ2v) is 9.65. The van der Waals surface area contributed by atoms with Crippen LogP contribution in [0.15, 0.2) is 42.5 Å². The number of hydrogen-bond donors (Lipinski definition) is 2. The molecule has 0 saturated carbocycles. The average molecular weight is 419 g/mol. The number of nitrogens with one attached hydrogen (secondary N) is 1. The second kappa shape index (κ2) is 8.17. The minimum Gasteiger partial charge on any atom is -0.507 e. The zero-order chi connectivity index (χ0) is 22.2. The fraction of sp³-hybridized carbons (Fsp3) is 0.400. The smallest absolute Gasteiger partial charge is 0.220 e. The number of phenols is 1. The molecule has 6 nitrogen and oxygen atoms in total. The summed E-state index contributed by atoms with van der Waals surface area (Å²) in [4.78, 5) is 24.2. The number of phenolic OH excluding ortho intramolecular Hbond substituents is 1. The van der Waals surface area contributed by atoms with Crippen molar-refractivity contribution in [1.82, 2.24) is 15.3 Å². The summed E-state index contributed by atoms with van der Waals surface area (Å²) in [5, 5.41) is 14.5. The highest BCUT2D eigenvalue weighted by Crippen LogP contribution is 2.33. The van der Waals surface area contributed by atoms with Gasteiger partial charge in [-0.3, -0.25) is 4.79 Å². The maximum absolute atomic E-state index is 12.4. The molecule has 0 spiro atoms. The van der Waals surface area contributed by atoms with Gasteiger partial charge in [0.05, 0.1) is 11.1 Å². The first-order valence-electron chi connectivity index (χ1n) is 10.8. The molecule has 2 heterocycles. The molecule has 0 unspecified atom stereocenters. The molecule has 1 fully saturated rings. The van der Waals surface area contributed by atoms with E-state index in [4.69, 9.17) is 9.97 Å². The van der Waals surface area contributed by atoms with Gasteiger partial charge in [-0.1, -0.05) is 39.0 Å². The number of benzene rings is 2. The molecular weight excluding hydrogens is 388 g/mol. The van der Waals surface area contributed by atoms with Gasteiger partial charge in [-0.25, -0.2) is 9.97 Å². The molecule has 2 aromatic carbocycles. The number of aromatic hydroxyl groups is 1. The van der Waals surface area contributed by atoms with Crippen LogP contribution in [0, 0.1) is 12.3 Å². The van der Waals surface area contributed by atoms with E-state index in [9.17, 15) is 9.90 Å². The molecule has 1 aromatic heterocycles. The van der Waals surface area contributed by atoms with E-state index in [0.29, 0.717) is 24.4 Å². The monoisotopic (exact) mass is 418 g/mol. The molecule has 1 saturated heterocycles. The SMILES string of the molecule is Cc1ccc2c(N3CC[C@@H](NC(=O)CC(C)(C)C)C3)nc(-c3ccccc3O)nc2c1. The third-order valence-corrected chi connectivity index (χ3v) is 5.52. The van der Waals surface area contributed by atoms with Gasteiger partial charge in [0.2, 0.25) is 5.91 Å². The quantitative estimate of drug-likeness (QED) is 0.655. The fourth-order valence-corrected chi connectivity index (χ4v) is 4.08. The lowest BCUT2D eigenvalue weighted by molar-refractivity contribution is -0.123. The van der Waals surface area contributed by atoms with Gasteiger partial charge in [0.15, 0.2) is 5.82 Å². The van der Waals surface area contributed by atoms with Crippen LogP contribution in [0.2, 0.25) is 0 Å². The minimum absolute atomic E-state index is 0.0321. The van der Waals surface area contributed by atoms with Gasteiger partial charge in [0.1, 0.15) is 11.6 Å². The number of nitrogens with zero attached hydrogens (tertiary/aromatic N) is 3. The number of aromatic nitrogens is 2. The van der Waals surface area contributed by atoms with E-state index in [1.54, 1.807) is 12.1 Å². The molecule has 162 valence electrons. The van der Waals surface area contributed by atoms with Crippen LogP contribution in [0.5, 0.6) is 5.75 Å². The standard InChI is InChI=1S/C25H30N4O2/c1-16-9-10-18-20(13-16)27-23(19-7-5-6-8-21(19)30)28-24(18)29-12-11-17(15-29)26-22(31)14-25(2,3)4/h5-10,13,17,30H,11-12,14-15H2,1-4H3,(H,26,31)/t17-/m1/s1. The van der Waals surface area contributed by atoms with Crippen LogP contribution in [0.25, 0.3) is 22.3 Å². The van der Waals surface area contributed by atoms with Crippen LogP contribution in [0.4, 0.5) is 5.82 Å². The van der Waals surface area contributed by atoms with Crippen molar-refractivity contribution in [2.45, 2.75) is 46.6 Å². The summed E-state index contributed by atoms with van der Waals surface area (Å²) < 4.78 is 0. The maximum Gasteiger partial charge on any atom is 0.220 e. The molecule has 2 N–H and O–H groups in total. The average Bonchev–Trinajstić information content (AvgIpc) is 3.13. The molecule has 1 aliphatic rings. The van der Waals surface area contributed by atoms with E-state index >= 15 is 0 Å². The van der Waals surface area contributed by atoms with E-state index in [2.05, 4.69) is 43.1 Å². The Hall–Kier alpha value is -3.15. The third-order valence-electron chi connectivity index (χ3n) is 5.52. The second-order valence-electron chi connectivity index (χ2n) is 9.65. The van der Waals surface area contributed by atoms with Crippen LogP contribution >= 0.6 is 0 Å².